The SMILES string of the molecule is CC(C)n1c2ccccc2c2c1cc(C(=O)Nc1cccc(F)c1)n2-c1ncccn1. The van der Waals surface area contributed by atoms with E-state index in [1.54, 1.807) is 35.2 Å². The van der Waals surface area contributed by atoms with E-state index in [1.165, 1.54) is 12.1 Å². The van der Waals surface area contributed by atoms with Gasteiger partial charge in [-0.25, -0.2) is 14.4 Å². The van der Waals surface area contributed by atoms with Gasteiger partial charge in [-0.2, -0.15) is 0 Å². The first-order chi connectivity index (χ1) is 15.0. The number of amides is 1. The number of aromatic nitrogens is 4. The number of benzene rings is 2. The Bertz CT molecular complexity index is 1420. The van der Waals surface area contributed by atoms with E-state index in [9.17, 15) is 9.18 Å². The van der Waals surface area contributed by atoms with Crippen LogP contribution in [0.15, 0.2) is 73.1 Å². The molecule has 1 amide bonds. The van der Waals surface area contributed by atoms with Crippen LogP contribution >= 0.6 is 0 Å². The van der Waals surface area contributed by atoms with E-state index in [4.69, 9.17) is 0 Å². The lowest BCUT2D eigenvalue weighted by molar-refractivity contribution is 0.102. The van der Waals surface area contributed by atoms with Gasteiger partial charge in [-0.15, -0.1) is 0 Å². The molecule has 7 heteroatoms. The van der Waals surface area contributed by atoms with Gasteiger partial charge in [0.2, 0.25) is 5.95 Å². The van der Waals surface area contributed by atoms with E-state index in [1.807, 2.05) is 24.3 Å². The number of hydrogen-bond acceptors (Lipinski definition) is 3. The third kappa shape index (κ3) is 3.15. The van der Waals surface area contributed by atoms with E-state index in [-0.39, 0.29) is 11.9 Å². The van der Waals surface area contributed by atoms with Crippen molar-refractivity contribution in [2.45, 2.75) is 19.9 Å². The van der Waals surface area contributed by atoms with Gasteiger partial charge in [0.1, 0.15) is 11.5 Å². The molecule has 3 aromatic heterocycles. The van der Waals surface area contributed by atoms with Gasteiger partial charge in [-0.3, -0.25) is 9.36 Å². The molecule has 2 aromatic carbocycles. The molecule has 0 spiro atoms. The van der Waals surface area contributed by atoms with Crippen LogP contribution in [0, 0.1) is 5.82 Å². The fourth-order valence-electron chi connectivity index (χ4n) is 4.05. The third-order valence-electron chi connectivity index (χ3n) is 5.24. The lowest BCUT2D eigenvalue weighted by atomic mass is 10.2. The molecule has 0 saturated carbocycles. The second-order valence-electron chi connectivity index (χ2n) is 7.59. The van der Waals surface area contributed by atoms with Gasteiger partial charge in [0.05, 0.1) is 16.6 Å². The number of carbonyl (C=O) groups is 1. The summed E-state index contributed by atoms with van der Waals surface area (Å²) in [7, 11) is 0. The molecule has 0 aliphatic carbocycles. The molecule has 5 rings (SSSR count). The highest BCUT2D eigenvalue weighted by molar-refractivity contribution is 6.13. The molecule has 0 bridgehead atoms. The number of nitrogens with zero attached hydrogens (tertiary/aromatic N) is 4. The van der Waals surface area contributed by atoms with Crippen molar-refractivity contribution < 1.29 is 9.18 Å². The zero-order valence-corrected chi connectivity index (χ0v) is 17.1. The molecule has 1 N–H and O–H groups in total. The van der Waals surface area contributed by atoms with Crippen LogP contribution in [0.3, 0.4) is 0 Å². The first kappa shape index (κ1) is 19.0. The molecule has 0 saturated heterocycles. The van der Waals surface area contributed by atoms with Crippen molar-refractivity contribution in [2.75, 3.05) is 5.32 Å². The van der Waals surface area contributed by atoms with Gasteiger partial charge in [0.25, 0.3) is 5.91 Å². The number of nitrogens with one attached hydrogen (secondary N) is 1. The largest absolute Gasteiger partial charge is 0.337 e. The monoisotopic (exact) mass is 413 g/mol. The van der Waals surface area contributed by atoms with Crippen LogP contribution in [0.2, 0.25) is 0 Å². The van der Waals surface area contributed by atoms with Crippen molar-refractivity contribution in [1.29, 1.82) is 0 Å². The van der Waals surface area contributed by atoms with Gasteiger partial charge < -0.3 is 9.88 Å². The Labute approximate surface area is 178 Å². The predicted octanol–water partition coefficient (Wildman–Crippen LogP) is 5.35. The summed E-state index contributed by atoms with van der Waals surface area (Å²) >= 11 is 0. The zero-order valence-electron chi connectivity index (χ0n) is 17.1. The molecular weight excluding hydrogens is 393 g/mol. The maximum absolute atomic E-state index is 13.6. The number of rotatable bonds is 4. The van der Waals surface area contributed by atoms with Gasteiger partial charge in [0.15, 0.2) is 0 Å². The van der Waals surface area contributed by atoms with Crippen molar-refractivity contribution >= 4 is 33.5 Å². The number of anilines is 1. The lowest BCUT2D eigenvalue weighted by Crippen LogP contribution is -2.17. The van der Waals surface area contributed by atoms with Crippen molar-refractivity contribution in [3.8, 4) is 5.95 Å². The summed E-state index contributed by atoms with van der Waals surface area (Å²) < 4.78 is 17.6. The molecule has 3 heterocycles. The van der Waals surface area contributed by atoms with Gasteiger partial charge >= 0.3 is 0 Å². The first-order valence-electron chi connectivity index (χ1n) is 10.0. The topological polar surface area (TPSA) is 64.7 Å². The normalized spacial score (nSPS) is 11.5. The fourth-order valence-corrected chi connectivity index (χ4v) is 4.05. The zero-order chi connectivity index (χ0) is 21.5. The van der Waals surface area contributed by atoms with E-state index >= 15 is 0 Å². The molecule has 0 radical (unpaired) electrons. The molecule has 6 nitrogen and oxygen atoms in total. The predicted molar refractivity (Wildman–Crippen MR) is 119 cm³/mol. The van der Waals surface area contributed by atoms with Crippen molar-refractivity contribution in [3.05, 3.63) is 84.6 Å². The first-order valence-corrected chi connectivity index (χ1v) is 10.0. The average molecular weight is 413 g/mol. The number of fused-ring (bicyclic) bond motifs is 3. The molecule has 0 aliphatic heterocycles. The summed E-state index contributed by atoms with van der Waals surface area (Å²) in [5.74, 6) is -0.385. The van der Waals surface area contributed by atoms with Gasteiger partial charge in [-0.05, 0) is 50.2 Å². The Morgan fingerprint density at radius 3 is 2.48 bits per heavy atom. The Kier molecular flexibility index (Phi) is 4.51. The molecule has 0 atom stereocenters. The molecule has 154 valence electrons. The van der Waals surface area contributed by atoms with Crippen LogP contribution in [0.25, 0.3) is 27.9 Å². The smallest absolute Gasteiger partial charge is 0.272 e. The molecule has 0 unspecified atom stereocenters. The van der Waals surface area contributed by atoms with Crippen LogP contribution < -0.4 is 5.32 Å². The van der Waals surface area contributed by atoms with Crippen molar-refractivity contribution in [3.63, 3.8) is 0 Å². The summed E-state index contributed by atoms with van der Waals surface area (Å²) in [6.07, 6.45) is 3.29. The Morgan fingerprint density at radius 2 is 1.74 bits per heavy atom. The van der Waals surface area contributed by atoms with Crippen LogP contribution in [0.1, 0.15) is 30.4 Å². The van der Waals surface area contributed by atoms with Crippen molar-refractivity contribution in [2.24, 2.45) is 0 Å². The van der Waals surface area contributed by atoms with Crippen LogP contribution in [-0.4, -0.2) is 25.0 Å². The maximum atomic E-state index is 13.6. The molecule has 31 heavy (non-hydrogen) atoms. The fraction of sp³-hybridized carbons (Fsp3) is 0.125. The summed E-state index contributed by atoms with van der Waals surface area (Å²) in [4.78, 5) is 22.1. The lowest BCUT2D eigenvalue weighted by Gasteiger charge is -2.11. The van der Waals surface area contributed by atoms with Crippen LogP contribution in [-0.2, 0) is 0 Å². The average Bonchev–Trinajstić information content (AvgIpc) is 3.29. The Balaban J connectivity index is 1.78. The highest BCUT2D eigenvalue weighted by Crippen LogP contribution is 2.35. The number of halogens is 1. The van der Waals surface area contributed by atoms with E-state index in [0.29, 0.717) is 17.3 Å². The molecule has 0 fully saturated rings. The number of hydrogen-bond donors (Lipinski definition) is 1. The Morgan fingerprint density at radius 1 is 0.968 bits per heavy atom. The molecule has 0 aliphatic rings. The quantitative estimate of drug-likeness (QED) is 0.432. The van der Waals surface area contributed by atoms with Crippen LogP contribution in [0.5, 0.6) is 0 Å². The standard InChI is InChI=1S/C24H20FN5O/c1-15(2)29-19-10-4-3-9-18(19)22-20(29)14-21(30(22)24-26-11-6-12-27-24)23(31)28-17-8-5-7-16(25)13-17/h3-15H,1-2H3,(H,28,31). The minimum atomic E-state index is -0.415. The highest BCUT2D eigenvalue weighted by atomic mass is 19.1. The third-order valence-corrected chi connectivity index (χ3v) is 5.24. The second kappa shape index (κ2) is 7.36. The maximum Gasteiger partial charge on any atom is 0.272 e. The van der Waals surface area contributed by atoms with E-state index < -0.39 is 5.82 Å². The second-order valence-corrected chi connectivity index (χ2v) is 7.59. The molecular formula is C24H20FN5O. The van der Waals surface area contributed by atoms with Gasteiger partial charge in [0, 0.05) is 29.5 Å². The summed E-state index contributed by atoms with van der Waals surface area (Å²) in [6.45, 7) is 4.21. The van der Waals surface area contributed by atoms with Crippen LogP contribution in [0.4, 0.5) is 10.1 Å². The minimum Gasteiger partial charge on any atom is -0.337 e. The Hall–Kier alpha value is -4.00. The van der Waals surface area contributed by atoms with E-state index in [0.717, 1.165) is 21.9 Å². The highest BCUT2D eigenvalue weighted by Gasteiger charge is 2.24. The number of carbonyl (C=O) groups excluding carboxylic acids is 1. The minimum absolute atomic E-state index is 0.175. The number of para-hydroxylation sites is 1. The van der Waals surface area contributed by atoms with Gasteiger partial charge in [-0.1, -0.05) is 24.3 Å². The van der Waals surface area contributed by atoms with E-state index in [2.05, 4.69) is 39.8 Å². The summed E-state index contributed by atoms with van der Waals surface area (Å²) in [6, 6.07) is 17.7. The summed E-state index contributed by atoms with van der Waals surface area (Å²) in [5, 5.41) is 3.80. The summed E-state index contributed by atoms with van der Waals surface area (Å²) in [5.41, 5.74) is 3.60. The van der Waals surface area contributed by atoms with Crippen molar-refractivity contribution in [1.82, 2.24) is 19.1 Å². The molecule has 5 aromatic rings.